The van der Waals surface area contributed by atoms with Crippen LogP contribution in [0, 0.1) is 11.6 Å². The fourth-order valence-corrected chi connectivity index (χ4v) is 4.69. The average Bonchev–Trinajstić information content (AvgIpc) is 3.14. The molecule has 0 radical (unpaired) electrons. The third kappa shape index (κ3) is 4.43. The molecule has 2 heterocycles. The summed E-state index contributed by atoms with van der Waals surface area (Å²) in [6.07, 6.45) is -4.92. The Morgan fingerprint density at radius 1 is 1.06 bits per heavy atom. The first-order valence-electron chi connectivity index (χ1n) is 10.9. The number of anilines is 2. The molecule has 178 valence electrons. The van der Waals surface area contributed by atoms with Crippen molar-refractivity contribution in [2.45, 2.75) is 44.9 Å². The number of halogens is 5. The zero-order valence-corrected chi connectivity index (χ0v) is 18.7. The summed E-state index contributed by atoms with van der Waals surface area (Å²) in [6.45, 7) is 5.65. The number of hydrogen-bond donors (Lipinski definition) is 0. The van der Waals surface area contributed by atoms with Crippen LogP contribution in [0.2, 0.25) is 0 Å². The Kier molecular flexibility index (Phi) is 6.11. The van der Waals surface area contributed by atoms with Crippen LogP contribution in [0.5, 0.6) is 0 Å². The van der Waals surface area contributed by atoms with E-state index in [1.54, 1.807) is 6.07 Å². The SMILES string of the molecule is CC1CN(c2cc3c(cc2F)CCN3C(=O)Cc2cccc(C(F)(F)F)c2F)CC(C)N1C. The van der Waals surface area contributed by atoms with Crippen LogP contribution in [-0.2, 0) is 23.8 Å². The maximum atomic E-state index is 14.9. The van der Waals surface area contributed by atoms with Crippen LogP contribution in [-0.4, -0.2) is 49.6 Å². The lowest BCUT2D eigenvalue weighted by molar-refractivity contribution is -0.140. The molecule has 2 aromatic rings. The van der Waals surface area contributed by atoms with Crippen molar-refractivity contribution in [3.8, 4) is 0 Å². The molecule has 2 atom stereocenters. The molecular formula is C24H26F5N3O. The Hall–Kier alpha value is -2.68. The van der Waals surface area contributed by atoms with Crippen molar-refractivity contribution in [3.05, 3.63) is 58.7 Å². The third-order valence-corrected chi connectivity index (χ3v) is 6.77. The maximum absolute atomic E-state index is 14.9. The number of likely N-dealkylation sites (N-methyl/N-ethyl adjacent to an activating group) is 1. The lowest BCUT2D eigenvalue weighted by Gasteiger charge is -2.43. The van der Waals surface area contributed by atoms with Crippen LogP contribution >= 0.6 is 0 Å². The number of hydrogen-bond acceptors (Lipinski definition) is 3. The van der Waals surface area contributed by atoms with E-state index in [0.717, 1.165) is 6.07 Å². The molecule has 1 fully saturated rings. The molecule has 33 heavy (non-hydrogen) atoms. The van der Waals surface area contributed by atoms with Crippen LogP contribution in [0.3, 0.4) is 0 Å². The predicted octanol–water partition coefficient (Wildman–Crippen LogP) is 4.64. The molecule has 2 aliphatic heterocycles. The van der Waals surface area contributed by atoms with Gasteiger partial charge in [0.05, 0.1) is 17.7 Å². The van der Waals surface area contributed by atoms with Gasteiger partial charge in [0.25, 0.3) is 0 Å². The van der Waals surface area contributed by atoms with Crippen LogP contribution in [0.25, 0.3) is 0 Å². The molecule has 0 bridgehead atoms. The summed E-state index contributed by atoms with van der Waals surface area (Å²) >= 11 is 0. The first-order valence-corrected chi connectivity index (χ1v) is 10.9. The predicted molar refractivity (Wildman–Crippen MR) is 116 cm³/mol. The minimum Gasteiger partial charge on any atom is -0.366 e. The van der Waals surface area contributed by atoms with Gasteiger partial charge in [-0.3, -0.25) is 9.69 Å². The van der Waals surface area contributed by atoms with Gasteiger partial charge in [0.15, 0.2) is 0 Å². The third-order valence-electron chi connectivity index (χ3n) is 6.77. The van der Waals surface area contributed by atoms with Gasteiger partial charge in [0.2, 0.25) is 5.91 Å². The van der Waals surface area contributed by atoms with E-state index in [1.807, 2.05) is 11.9 Å². The van der Waals surface area contributed by atoms with E-state index in [9.17, 15) is 26.7 Å². The van der Waals surface area contributed by atoms with Gasteiger partial charge >= 0.3 is 6.18 Å². The van der Waals surface area contributed by atoms with Crippen LogP contribution < -0.4 is 9.80 Å². The van der Waals surface area contributed by atoms with Crippen molar-refractivity contribution >= 4 is 17.3 Å². The largest absolute Gasteiger partial charge is 0.419 e. The van der Waals surface area contributed by atoms with Gasteiger partial charge in [0.1, 0.15) is 11.6 Å². The van der Waals surface area contributed by atoms with Crippen molar-refractivity contribution < 1.29 is 26.7 Å². The number of fused-ring (bicyclic) bond motifs is 1. The first-order chi connectivity index (χ1) is 15.5. The zero-order valence-electron chi connectivity index (χ0n) is 18.7. The van der Waals surface area contributed by atoms with Crippen molar-refractivity contribution in [1.82, 2.24) is 4.90 Å². The molecule has 4 nitrogen and oxygen atoms in total. The monoisotopic (exact) mass is 467 g/mol. The molecule has 0 N–H and O–H groups in total. The number of nitrogens with zero attached hydrogens (tertiary/aromatic N) is 3. The quantitative estimate of drug-likeness (QED) is 0.616. The summed E-state index contributed by atoms with van der Waals surface area (Å²) in [6, 6.07) is 6.42. The van der Waals surface area contributed by atoms with Gasteiger partial charge in [-0.05, 0) is 56.6 Å². The van der Waals surface area contributed by atoms with E-state index >= 15 is 0 Å². The van der Waals surface area contributed by atoms with E-state index in [2.05, 4.69) is 18.7 Å². The van der Waals surface area contributed by atoms with E-state index < -0.39 is 29.9 Å². The lowest BCUT2D eigenvalue weighted by atomic mass is 10.0. The van der Waals surface area contributed by atoms with Crippen LogP contribution in [0.1, 0.15) is 30.5 Å². The van der Waals surface area contributed by atoms with Crippen LogP contribution in [0.15, 0.2) is 30.3 Å². The molecule has 9 heteroatoms. The summed E-state index contributed by atoms with van der Waals surface area (Å²) < 4.78 is 68.4. The Morgan fingerprint density at radius 2 is 1.73 bits per heavy atom. The topological polar surface area (TPSA) is 26.8 Å². The summed E-state index contributed by atoms with van der Waals surface area (Å²) in [5, 5.41) is 0. The summed E-state index contributed by atoms with van der Waals surface area (Å²) in [7, 11) is 2.03. The van der Waals surface area contributed by atoms with E-state index in [1.165, 1.54) is 17.0 Å². The molecule has 0 aliphatic carbocycles. The van der Waals surface area contributed by atoms with Gasteiger partial charge in [-0.2, -0.15) is 13.2 Å². The second kappa shape index (κ2) is 8.59. The summed E-state index contributed by atoms with van der Waals surface area (Å²) in [5.41, 5.74) is -0.123. The van der Waals surface area contributed by atoms with Crippen molar-refractivity contribution in [2.75, 3.05) is 36.5 Å². The highest BCUT2D eigenvalue weighted by atomic mass is 19.4. The highest BCUT2D eigenvalue weighted by Gasteiger charge is 2.36. The number of amides is 1. The average molecular weight is 467 g/mol. The number of rotatable bonds is 3. The van der Waals surface area contributed by atoms with Gasteiger partial charge in [-0.25, -0.2) is 8.78 Å². The number of carbonyl (C=O) groups excluding carboxylic acids is 1. The number of alkyl halides is 3. The highest BCUT2D eigenvalue weighted by Crippen LogP contribution is 2.37. The molecule has 0 spiro atoms. The first kappa shape index (κ1) is 23.5. The van der Waals surface area contributed by atoms with E-state index in [-0.39, 0.29) is 30.0 Å². The van der Waals surface area contributed by atoms with E-state index in [4.69, 9.17) is 0 Å². The molecule has 1 amide bonds. The fourth-order valence-electron chi connectivity index (χ4n) is 4.69. The molecule has 2 aromatic carbocycles. The minimum atomic E-state index is -4.84. The van der Waals surface area contributed by atoms with Crippen LogP contribution in [0.4, 0.5) is 33.3 Å². The molecule has 1 saturated heterocycles. The molecule has 0 saturated carbocycles. The molecule has 2 unspecified atom stereocenters. The smallest absolute Gasteiger partial charge is 0.366 e. The molecule has 0 aromatic heterocycles. The Balaban J connectivity index is 1.60. The van der Waals surface area contributed by atoms with Crippen molar-refractivity contribution in [3.63, 3.8) is 0 Å². The zero-order chi connectivity index (χ0) is 24.1. The Labute approximate surface area is 189 Å². The normalized spacial score (nSPS) is 21.5. The van der Waals surface area contributed by atoms with Gasteiger partial charge in [-0.1, -0.05) is 12.1 Å². The minimum absolute atomic E-state index is 0.211. The molecular weight excluding hydrogens is 441 g/mol. The molecule has 2 aliphatic rings. The maximum Gasteiger partial charge on any atom is 0.419 e. The molecule has 4 rings (SSSR count). The van der Waals surface area contributed by atoms with Gasteiger partial charge in [-0.15, -0.1) is 0 Å². The number of carbonyl (C=O) groups is 1. The van der Waals surface area contributed by atoms with E-state index in [0.29, 0.717) is 42.5 Å². The second-order valence-corrected chi connectivity index (χ2v) is 8.95. The second-order valence-electron chi connectivity index (χ2n) is 8.95. The standard InChI is InChI=1S/C24H26F5N3O/c1-14-12-31(13-15(2)30(14)3)21-11-20-16(9-19(21)25)7-8-32(20)22(33)10-17-5-4-6-18(23(17)26)24(27,28)29/h4-6,9,11,14-15H,7-8,10,12-13H2,1-3H3. The van der Waals surface area contributed by atoms with Gasteiger partial charge in [0, 0.05) is 37.4 Å². The number of benzene rings is 2. The highest BCUT2D eigenvalue weighted by molar-refractivity contribution is 5.97. The Bertz CT molecular complexity index is 1060. The van der Waals surface area contributed by atoms with Crippen molar-refractivity contribution in [1.29, 1.82) is 0 Å². The summed E-state index contributed by atoms with van der Waals surface area (Å²) in [4.78, 5) is 18.6. The number of piperazine rings is 1. The fraction of sp³-hybridized carbons (Fsp3) is 0.458. The summed E-state index contributed by atoms with van der Waals surface area (Å²) in [5.74, 6) is -2.32. The lowest BCUT2D eigenvalue weighted by Crippen LogP contribution is -2.55. The van der Waals surface area contributed by atoms with Crippen molar-refractivity contribution in [2.24, 2.45) is 0 Å². The van der Waals surface area contributed by atoms with Gasteiger partial charge < -0.3 is 9.80 Å². The Morgan fingerprint density at radius 3 is 2.36 bits per heavy atom.